The number of aliphatic hydroxyl groups excluding tert-OH is 1. The lowest BCUT2D eigenvalue weighted by Gasteiger charge is -2.18. The van der Waals surface area contributed by atoms with E-state index in [1.165, 1.54) is 0 Å². The highest BCUT2D eigenvalue weighted by Crippen LogP contribution is 2.04. The molecule has 20 heavy (non-hydrogen) atoms. The number of hydrogen-bond donors (Lipinski definition) is 4. The van der Waals surface area contributed by atoms with Crippen LogP contribution in [0.4, 0.5) is 0 Å². The van der Waals surface area contributed by atoms with Crippen molar-refractivity contribution in [3.8, 4) is 0 Å². The zero-order chi connectivity index (χ0) is 14.4. The van der Waals surface area contributed by atoms with Gasteiger partial charge in [0.1, 0.15) is 6.10 Å². The van der Waals surface area contributed by atoms with Gasteiger partial charge >= 0.3 is 0 Å². The van der Waals surface area contributed by atoms with E-state index in [0.29, 0.717) is 12.2 Å². The lowest BCUT2D eigenvalue weighted by Crippen LogP contribution is -2.47. The molecular formula is C12H16N6O2. The number of hydrogen-bond acceptors (Lipinski definition) is 6. The van der Waals surface area contributed by atoms with Crippen LogP contribution in [0.1, 0.15) is 11.4 Å². The van der Waals surface area contributed by atoms with Gasteiger partial charge in [-0.3, -0.25) is 4.79 Å². The van der Waals surface area contributed by atoms with E-state index in [1.54, 1.807) is 0 Å². The van der Waals surface area contributed by atoms with Gasteiger partial charge in [-0.15, -0.1) is 10.2 Å². The van der Waals surface area contributed by atoms with Crippen molar-refractivity contribution in [2.75, 3.05) is 0 Å². The minimum atomic E-state index is -1.29. The Balaban J connectivity index is 1.83. The molecule has 1 aromatic carbocycles. The second kappa shape index (κ2) is 6.73. The first kappa shape index (κ1) is 14.1. The molecule has 2 atom stereocenters. The van der Waals surface area contributed by atoms with Crippen molar-refractivity contribution in [2.24, 2.45) is 5.73 Å². The van der Waals surface area contributed by atoms with E-state index in [0.717, 1.165) is 5.56 Å². The smallest absolute Gasteiger partial charge is 0.250 e. The fourth-order valence-electron chi connectivity index (χ4n) is 1.72. The molecule has 8 nitrogen and oxygen atoms in total. The monoisotopic (exact) mass is 276 g/mol. The largest absolute Gasteiger partial charge is 0.382 e. The van der Waals surface area contributed by atoms with Gasteiger partial charge in [-0.1, -0.05) is 35.5 Å². The van der Waals surface area contributed by atoms with Crippen molar-refractivity contribution >= 4 is 5.91 Å². The maximum absolute atomic E-state index is 11.7. The SMILES string of the molecule is NC(Cc1ccccc1)C(O)C(=O)NCc1nn[nH]n1. The molecule has 1 amide bonds. The van der Waals surface area contributed by atoms with Crippen LogP contribution < -0.4 is 11.1 Å². The third kappa shape index (κ3) is 3.84. The molecule has 2 unspecified atom stereocenters. The first-order valence-electron chi connectivity index (χ1n) is 6.14. The average molecular weight is 276 g/mol. The molecule has 0 aliphatic carbocycles. The summed E-state index contributed by atoms with van der Waals surface area (Å²) in [6, 6.07) is 8.76. The third-order valence-corrected chi connectivity index (χ3v) is 2.80. The zero-order valence-corrected chi connectivity index (χ0v) is 10.7. The molecule has 1 heterocycles. The Morgan fingerprint density at radius 2 is 2.15 bits per heavy atom. The Hall–Kier alpha value is -2.32. The molecule has 2 aromatic rings. The van der Waals surface area contributed by atoms with E-state index < -0.39 is 18.1 Å². The normalized spacial score (nSPS) is 13.7. The van der Waals surface area contributed by atoms with Gasteiger partial charge in [0.25, 0.3) is 5.91 Å². The number of amides is 1. The maximum atomic E-state index is 11.7. The molecule has 1 aromatic heterocycles. The molecule has 0 radical (unpaired) electrons. The Kier molecular flexibility index (Phi) is 4.75. The van der Waals surface area contributed by atoms with Gasteiger partial charge in [-0.05, 0) is 12.0 Å². The van der Waals surface area contributed by atoms with Gasteiger partial charge in [-0.2, -0.15) is 5.21 Å². The van der Waals surface area contributed by atoms with Crippen LogP contribution in [0.3, 0.4) is 0 Å². The topological polar surface area (TPSA) is 130 Å². The summed E-state index contributed by atoms with van der Waals surface area (Å²) in [5.74, 6) is -0.222. The van der Waals surface area contributed by atoms with Crippen LogP contribution in [0.15, 0.2) is 30.3 Å². The first-order chi connectivity index (χ1) is 9.66. The Labute approximate surface area is 115 Å². The van der Waals surface area contributed by atoms with Crippen molar-refractivity contribution < 1.29 is 9.90 Å². The summed E-state index contributed by atoms with van der Waals surface area (Å²) in [6.45, 7) is 0.0877. The van der Waals surface area contributed by atoms with Gasteiger partial charge in [0.2, 0.25) is 0 Å². The predicted molar refractivity (Wildman–Crippen MR) is 70.2 cm³/mol. The molecule has 0 bridgehead atoms. The van der Waals surface area contributed by atoms with Crippen LogP contribution in [0.2, 0.25) is 0 Å². The lowest BCUT2D eigenvalue weighted by molar-refractivity contribution is -0.130. The molecule has 5 N–H and O–H groups in total. The summed E-state index contributed by atoms with van der Waals surface area (Å²) in [6.07, 6.45) is -0.875. The highest BCUT2D eigenvalue weighted by Gasteiger charge is 2.23. The average Bonchev–Trinajstić information content (AvgIpc) is 2.98. The second-order valence-electron chi connectivity index (χ2n) is 4.34. The molecule has 106 valence electrons. The Morgan fingerprint density at radius 3 is 2.80 bits per heavy atom. The molecule has 0 aliphatic rings. The number of nitrogens with two attached hydrogens (primary N) is 1. The van der Waals surface area contributed by atoms with Crippen molar-refractivity contribution in [3.63, 3.8) is 0 Å². The first-order valence-corrected chi connectivity index (χ1v) is 6.14. The van der Waals surface area contributed by atoms with Crippen molar-refractivity contribution in [1.82, 2.24) is 25.9 Å². The van der Waals surface area contributed by atoms with Gasteiger partial charge in [0.05, 0.1) is 6.54 Å². The van der Waals surface area contributed by atoms with Crippen LogP contribution in [0.5, 0.6) is 0 Å². The van der Waals surface area contributed by atoms with Crippen LogP contribution in [-0.2, 0) is 17.8 Å². The van der Waals surface area contributed by atoms with Crippen LogP contribution >= 0.6 is 0 Å². The van der Waals surface area contributed by atoms with E-state index in [2.05, 4.69) is 25.9 Å². The molecule has 0 saturated carbocycles. The number of carbonyl (C=O) groups excluding carboxylic acids is 1. The highest BCUT2D eigenvalue weighted by atomic mass is 16.3. The number of carbonyl (C=O) groups is 1. The second-order valence-corrected chi connectivity index (χ2v) is 4.34. The number of H-pyrrole nitrogens is 1. The molecule has 0 aliphatic heterocycles. The van der Waals surface area contributed by atoms with Crippen molar-refractivity contribution in [1.29, 1.82) is 0 Å². The number of nitrogens with zero attached hydrogens (tertiary/aromatic N) is 3. The van der Waals surface area contributed by atoms with E-state index in [1.807, 2.05) is 30.3 Å². The molecule has 0 fully saturated rings. The van der Waals surface area contributed by atoms with Crippen molar-refractivity contribution in [2.45, 2.75) is 25.1 Å². The molecular weight excluding hydrogens is 260 g/mol. The summed E-state index contributed by atoms with van der Waals surface area (Å²) < 4.78 is 0. The molecule has 0 saturated heterocycles. The maximum Gasteiger partial charge on any atom is 0.250 e. The van der Waals surface area contributed by atoms with E-state index >= 15 is 0 Å². The van der Waals surface area contributed by atoms with Crippen molar-refractivity contribution in [3.05, 3.63) is 41.7 Å². The predicted octanol–water partition coefficient (Wildman–Crippen LogP) is -1.25. The number of nitrogens with one attached hydrogen (secondary N) is 2. The van der Waals surface area contributed by atoms with Gasteiger partial charge in [0, 0.05) is 6.04 Å². The summed E-state index contributed by atoms with van der Waals surface area (Å²) in [7, 11) is 0. The minimum absolute atomic E-state index is 0.0877. The van der Waals surface area contributed by atoms with E-state index in [9.17, 15) is 9.90 Å². The highest BCUT2D eigenvalue weighted by molar-refractivity contribution is 5.81. The van der Waals surface area contributed by atoms with Gasteiger partial charge < -0.3 is 16.2 Å². The number of aromatic nitrogens is 4. The van der Waals surface area contributed by atoms with Gasteiger partial charge in [-0.25, -0.2) is 0 Å². The van der Waals surface area contributed by atoms with Gasteiger partial charge in [0.15, 0.2) is 5.82 Å². The Morgan fingerprint density at radius 1 is 1.40 bits per heavy atom. The van der Waals surface area contributed by atoms with E-state index in [4.69, 9.17) is 5.73 Å². The summed E-state index contributed by atoms with van der Waals surface area (Å²) in [5.41, 5.74) is 6.80. The number of tetrazole rings is 1. The standard InChI is InChI=1S/C12H16N6O2/c13-9(6-8-4-2-1-3-5-8)11(19)12(20)14-7-10-15-17-18-16-10/h1-5,9,11,19H,6-7,13H2,(H,14,20)(H,15,16,17,18). The molecule has 0 spiro atoms. The fourth-order valence-corrected chi connectivity index (χ4v) is 1.72. The summed E-state index contributed by atoms with van der Waals surface area (Å²) in [4.78, 5) is 11.7. The molecule has 2 rings (SSSR count). The van der Waals surface area contributed by atoms with Crippen LogP contribution in [-0.4, -0.2) is 43.8 Å². The quantitative estimate of drug-likeness (QED) is 0.521. The number of benzene rings is 1. The molecule has 8 heteroatoms. The number of rotatable bonds is 6. The zero-order valence-electron chi connectivity index (χ0n) is 10.7. The minimum Gasteiger partial charge on any atom is -0.382 e. The summed E-state index contributed by atoms with van der Waals surface area (Å²) in [5, 5.41) is 25.4. The third-order valence-electron chi connectivity index (χ3n) is 2.80. The number of aliphatic hydroxyl groups is 1. The Bertz CT molecular complexity index is 530. The number of aromatic amines is 1. The van der Waals surface area contributed by atoms with Crippen LogP contribution in [0.25, 0.3) is 0 Å². The summed E-state index contributed by atoms with van der Waals surface area (Å²) >= 11 is 0. The van der Waals surface area contributed by atoms with E-state index in [-0.39, 0.29) is 6.54 Å². The fraction of sp³-hybridized carbons (Fsp3) is 0.333. The lowest BCUT2D eigenvalue weighted by atomic mass is 10.0. The van der Waals surface area contributed by atoms with Crippen LogP contribution in [0, 0.1) is 0 Å².